The molecule has 4 N–H and O–H groups in total. The molecule has 11 heteroatoms. The second kappa shape index (κ2) is 17.4. The van der Waals surface area contributed by atoms with Crippen molar-refractivity contribution in [3.8, 4) is 0 Å². The highest BCUT2D eigenvalue weighted by Gasteiger charge is 2.25. The van der Waals surface area contributed by atoms with Gasteiger partial charge in [-0.15, -0.1) is 0 Å². The first-order chi connectivity index (χ1) is 23.0. The Bertz CT molecular complexity index is 1610. The monoisotopic (exact) mass is 656 g/mol. The molecule has 256 valence electrons. The Morgan fingerprint density at radius 3 is 2.40 bits per heavy atom. The first kappa shape index (κ1) is 36.1. The predicted octanol–water partition coefficient (Wildman–Crippen LogP) is 5.49. The highest BCUT2D eigenvalue weighted by Crippen LogP contribution is 2.24. The van der Waals surface area contributed by atoms with Gasteiger partial charge in [0.15, 0.2) is 0 Å². The topological polar surface area (TPSA) is 138 Å². The smallest absolute Gasteiger partial charge is 0.410 e. The molecule has 0 aliphatic heterocycles. The van der Waals surface area contributed by atoms with Gasteiger partial charge in [-0.2, -0.15) is 0 Å². The molecule has 4 rings (SSSR count). The van der Waals surface area contributed by atoms with Crippen LogP contribution in [0.15, 0.2) is 79.1 Å². The van der Waals surface area contributed by atoms with E-state index in [-0.39, 0.29) is 30.9 Å². The van der Waals surface area contributed by atoms with Gasteiger partial charge in [-0.1, -0.05) is 54.6 Å². The van der Waals surface area contributed by atoms with Crippen molar-refractivity contribution >= 4 is 28.7 Å². The molecule has 3 amide bonds. The first-order valence-corrected chi connectivity index (χ1v) is 16.4. The Morgan fingerprint density at radius 2 is 1.69 bits per heavy atom. The molecule has 0 fully saturated rings. The molecule has 0 aliphatic rings. The fraction of sp³-hybridized carbons (Fsp3) is 0.405. The van der Waals surface area contributed by atoms with Crippen LogP contribution in [0.5, 0.6) is 0 Å². The molecular weight excluding hydrogens is 608 g/mol. The van der Waals surface area contributed by atoms with E-state index in [1.165, 1.54) is 0 Å². The average molecular weight is 657 g/mol. The molecular formula is C37H48N6O5. The molecule has 11 nitrogen and oxygen atoms in total. The van der Waals surface area contributed by atoms with E-state index in [4.69, 9.17) is 9.47 Å². The minimum atomic E-state index is -0.741. The third-order valence-corrected chi connectivity index (χ3v) is 7.74. The molecule has 3 aromatic carbocycles. The summed E-state index contributed by atoms with van der Waals surface area (Å²) in [6.45, 7) is 9.88. The molecule has 0 spiro atoms. The molecule has 4 aromatic rings. The predicted molar refractivity (Wildman–Crippen MR) is 186 cm³/mol. The lowest BCUT2D eigenvalue weighted by Crippen LogP contribution is -2.47. The van der Waals surface area contributed by atoms with E-state index in [2.05, 4.69) is 25.9 Å². The van der Waals surface area contributed by atoms with Crippen LogP contribution in [0.4, 0.5) is 4.79 Å². The summed E-state index contributed by atoms with van der Waals surface area (Å²) in [6.07, 6.45) is 4.00. The number of hydrogen-bond acceptors (Lipinski definition) is 7. The Balaban J connectivity index is 1.44. The molecule has 1 heterocycles. The van der Waals surface area contributed by atoms with Crippen molar-refractivity contribution in [1.29, 1.82) is 0 Å². The standard InChI is InChI=1S/C37H48N6O5/c1-26(30-13-8-11-28-10-6-7-12-31(28)30)41-35(45)32(14-9-19-38-22-23-47-5)42-34(44)29-17-15-27(16-18-29)24-43(25-33-39-20-21-40-33)36(46)48-37(2,3)4/h6-8,10-13,15-18,20-21,26,32,38H,9,14,19,22-25H2,1-5H3,(H,39,40)(H,41,45)(H,42,44)/t26-,32-/m0/s1. The minimum Gasteiger partial charge on any atom is -0.444 e. The van der Waals surface area contributed by atoms with Gasteiger partial charge in [0.05, 0.1) is 19.2 Å². The van der Waals surface area contributed by atoms with Crippen LogP contribution in [0.25, 0.3) is 10.8 Å². The lowest BCUT2D eigenvalue weighted by Gasteiger charge is -2.27. The van der Waals surface area contributed by atoms with Gasteiger partial charge < -0.3 is 30.4 Å². The number of amides is 3. The summed E-state index contributed by atoms with van der Waals surface area (Å²) < 4.78 is 10.7. The van der Waals surface area contributed by atoms with E-state index in [9.17, 15) is 14.4 Å². The number of hydrogen-bond donors (Lipinski definition) is 4. The average Bonchev–Trinajstić information content (AvgIpc) is 3.58. The normalized spacial score (nSPS) is 12.7. The molecule has 1 aromatic heterocycles. The fourth-order valence-corrected chi connectivity index (χ4v) is 5.32. The largest absolute Gasteiger partial charge is 0.444 e. The molecule has 48 heavy (non-hydrogen) atoms. The second-order valence-corrected chi connectivity index (χ2v) is 12.8. The maximum Gasteiger partial charge on any atom is 0.410 e. The first-order valence-electron chi connectivity index (χ1n) is 16.4. The number of carbonyl (C=O) groups is 3. The van der Waals surface area contributed by atoms with Crippen LogP contribution >= 0.6 is 0 Å². The van der Waals surface area contributed by atoms with Crippen LogP contribution in [0.2, 0.25) is 0 Å². The van der Waals surface area contributed by atoms with Gasteiger partial charge in [-0.3, -0.25) is 14.5 Å². The van der Waals surface area contributed by atoms with Gasteiger partial charge in [0.2, 0.25) is 5.91 Å². The van der Waals surface area contributed by atoms with Crippen molar-refractivity contribution in [2.24, 2.45) is 0 Å². The lowest BCUT2D eigenvalue weighted by molar-refractivity contribution is -0.123. The maximum atomic E-state index is 13.6. The van der Waals surface area contributed by atoms with Crippen LogP contribution in [-0.4, -0.2) is 71.2 Å². The summed E-state index contributed by atoms with van der Waals surface area (Å²) in [6, 6.07) is 20.1. The second-order valence-electron chi connectivity index (χ2n) is 12.8. The number of imidazole rings is 1. The molecule has 0 unspecified atom stereocenters. The Kier molecular flexibility index (Phi) is 13.1. The Morgan fingerprint density at radius 1 is 0.938 bits per heavy atom. The lowest BCUT2D eigenvalue weighted by atomic mass is 9.99. The van der Waals surface area contributed by atoms with Gasteiger partial charge in [0.1, 0.15) is 17.5 Å². The highest BCUT2D eigenvalue weighted by atomic mass is 16.6. The third kappa shape index (κ3) is 10.9. The minimum absolute atomic E-state index is 0.235. The number of aromatic amines is 1. The van der Waals surface area contributed by atoms with E-state index >= 15 is 0 Å². The number of benzene rings is 3. The van der Waals surface area contributed by atoms with Crippen molar-refractivity contribution in [3.63, 3.8) is 0 Å². The number of ether oxygens (including phenoxy) is 2. The number of nitrogens with one attached hydrogen (secondary N) is 4. The van der Waals surface area contributed by atoms with Crippen LogP contribution in [0, 0.1) is 0 Å². The summed E-state index contributed by atoms with van der Waals surface area (Å²) in [7, 11) is 1.65. The Hall–Kier alpha value is -4.74. The zero-order chi connectivity index (χ0) is 34.5. The van der Waals surface area contributed by atoms with Crippen molar-refractivity contribution < 1.29 is 23.9 Å². The van der Waals surface area contributed by atoms with Gasteiger partial charge >= 0.3 is 6.09 Å². The fourth-order valence-electron chi connectivity index (χ4n) is 5.32. The molecule has 0 radical (unpaired) electrons. The quantitative estimate of drug-likeness (QED) is 0.117. The van der Waals surface area contributed by atoms with Crippen LogP contribution < -0.4 is 16.0 Å². The highest BCUT2D eigenvalue weighted by molar-refractivity contribution is 5.97. The Labute approximate surface area is 282 Å². The van der Waals surface area contributed by atoms with E-state index in [1.807, 2.05) is 70.2 Å². The SMILES string of the molecule is COCCNCCC[C@H](NC(=O)c1ccc(CN(Cc2ncc[nH]2)C(=O)OC(C)(C)C)cc1)C(=O)N[C@@H](C)c1cccc2ccccc12. The summed E-state index contributed by atoms with van der Waals surface area (Å²) in [5.74, 6) is 0.0273. The van der Waals surface area contributed by atoms with E-state index < -0.39 is 17.7 Å². The molecule has 0 aliphatic carbocycles. The van der Waals surface area contributed by atoms with Crippen molar-refractivity contribution in [1.82, 2.24) is 30.8 Å². The van der Waals surface area contributed by atoms with Crippen molar-refractivity contribution in [2.45, 2.75) is 71.3 Å². The number of aromatic nitrogens is 2. The van der Waals surface area contributed by atoms with Gasteiger partial charge in [0.25, 0.3) is 5.91 Å². The third-order valence-electron chi connectivity index (χ3n) is 7.74. The zero-order valence-corrected chi connectivity index (χ0v) is 28.5. The number of nitrogens with zero attached hydrogens (tertiary/aromatic N) is 2. The van der Waals surface area contributed by atoms with E-state index in [0.717, 1.165) is 21.9 Å². The summed E-state index contributed by atoms with van der Waals surface area (Å²) in [5.41, 5.74) is 1.57. The van der Waals surface area contributed by atoms with Gasteiger partial charge in [-0.25, -0.2) is 9.78 Å². The maximum absolute atomic E-state index is 13.6. The number of rotatable bonds is 16. The summed E-state index contributed by atoms with van der Waals surface area (Å²) >= 11 is 0. The van der Waals surface area contributed by atoms with Gasteiger partial charge in [0, 0.05) is 38.2 Å². The molecule has 0 saturated carbocycles. The summed E-state index contributed by atoms with van der Waals surface area (Å²) in [5, 5.41) is 11.6. The summed E-state index contributed by atoms with van der Waals surface area (Å²) in [4.78, 5) is 48.9. The van der Waals surface area contributed by atoms with E-state index in [0.29, 0.717) is 43.9 Å². The van der Waals surface area contributed by atoms with Gasteiger partial charge in [-0.05, 0) is 81.1 Å². The van der Waals surface area contributed by atoms with E-state index in [1.54, 1.807) is 48.7 Å². The van der Waals surface area contributed by atoms with Crippen LogP contribution in [0.3, 0.4) is 0 Å². The van der Waals surface area contributed by atoms with Crippen molar-refractivity contribution in [2.75, 3.05) is 26.8 Å². The number of fused-ring (bicyclic) bond motifs is 1. The van der Waals surface area contributed by atoms with Crippen LogP contribution in [-0.2, 0) is 27.4 Å². The zero-order valence-electron chi connectivity index (χ0n) is 28.5. The molecule has 0 bridgehead atoms. The number of carbonyl (C=O) groups excluding carboxylic acids is 3. The molecule has 0 saturated heterocycles. The number of H-pyrrole nitrogens is 1. The van der Waals surface area contributed by atoms with Crippen LogP contribution in [0.1, 0.15) is 73.9 Å². The van der Waals surface area contributed by atoms with Crippen molar-refractivity contribution in [3.05, 3.63) is 102 Å². The number of methoxy groups -OCH3 is 1. The molecule has 2 atom stereocenters.